The zero-order valence-corrected chi connectivity index (χ0v) is 10.3. The molecular formula is C10H20N2O2S. The van der Waals surface area contributed by atoms with Crippen LogP contribution in [-0.4, -0.2) is 57.1 Å². The minimum Gasteiger partial charge on any atom is -0.384 e. The average Bonchev–Trinajstić information content (AvgIpc) is 2.67. The Hall–Kier alpha value is -0.390. The van der Waals surface area contributed by atoms with Crippen molar-refractivity contribution in [3.63, 3.8) is 0 Å². The zero-order valence-electron chi connectivity index (χ0n) is 9.49. The van der Waals surface area contributed by atoms with Gasteiger partial charge < -0.3 is 19.7 Å². The molecule has 1 rings (SSSR count). The number of methoxy groups -OCH3 is 2. The van der Waals surface area contributed by atoms with Gasteiger partial charge in [-0.1, -0.05) is 0 Å². The summed E-state index contributed by atoms with van der Waals surface area (Å²) in [7, 11) is 3.44. The van der Waals surface area contributed by atoms with Gasteiger partial charge in [-0.15, -0.1) is 0 Å². The standard InChI is InChI=1S/C10H20N2O2S/c1-13-6-4-11-10(15)12-5-3-9(7-12)8-14-2/h9H,3-8H2,1-2H3,(H,11,15). The summed E-state index contributed by atoms with van der Waals surface area (Å²) in [5.41, 5.74) is 0. The highest BCUT2D eigenvalue weighted by Crippen LogP contribution is 2.16. The van der Waals surface area contributed by atoms with Crippen LogP contribution in [0.1, 0.15) is 6.42 Å². The zero-order chi connectivity index (χ0) is 11.1. The van der Waals surface area contributed by atoms with E-state index < -0.39 is 0 Å². The number of nitrogens with one attached hydrogen (secondary N) is 1. The molecule has 0 spiro atoms. The van der Waals surface area contributed by atoms with E-state index >= 15 is 0 Å². The highest BCUT2D eigenvalue weighted by Gasteiger charge is 2.23. The Morgan fingerprint density at radius 1 is 1.47 bits per heavy atom. The molecule has 5 heteroatoms. The van der Waals surface area contributed by atoms with E-state index in [1.54, 1.807) is 14.2 Å². The molecule has 0 aromatic carbocycles. The van der Waals surface area contributed by atoms with Crippen LogP contribution in [0.25, 0.3) is 0 Å². The molecule has 1 N–H and O–H groups in total. The summed E-state index contributed by atoms with van der Waals surface area (Å²) >= 11 is 5.28. The van der Waals surface area contributed by atoms with E-state index in [-0.39, 0.29) is 0 Å². The second-order valence-corrected chi connectivity index (χ2v) is 4.17. The van der Waals surface area contributed by atoms with Crippen molar-refractivity contribution in [1.82, 2.24) is 10.2 Å². The third kappa shape index (κ3) is 4.32. The molecular weight excluding hydrogens is 212 g/mol. The summed E-state index contributed by atoms with van der Waals surface area (Å²) in [6, 6.07) is 0. The molecule has 0 aromatic heterocycles. The number of hydrogen-bond donors (Lipinski definition) is 1. The second kappa shape index (κ2) is 6.98. The number of likely N-dealkylation sites (tertiary alicyclic amines) is 1. The van der Waals surface area contributed by atoms with Crippen LogP contribution in [0.3, 0.4) is 0 Å². The maximum Gasteiger partial charge on any atom is 0.169 e. The van der Waals surface area contributed by atoms with Gasteiger partial charge in [0.25, 0.3) is 0 Å². The van der Waals surface area contributed by atoms with Gasteiger partial charge in [-0.25, -0.2) is 0 Å². The summed E-state index contributed by atoms with van der Waals surface area (Å²) < 4.78 is 10.1. The number of thiocarbonyl (C=S) groups is 1. The topological polar surface area (TPSA) is 33.7 Å². The summed E-state index contributed by atoms with van der Waals surface area (Å²) in [6.07, 6.45) is 1.17. The largest absolute Gasteiger partial charge is 0.384 e. The van der Waals surface area contributed by atoms with Crippen molar-refractivity contribution in [1.29, 1.82) is 0 Å². The van der Waals surface area contributed by atoms with E-state index in [2.05, 4.69) is 10.2 Å². The van der Waals surface area contributed by atoms with Gasteiger partial charge in [0.05, 0.1) is 13.2 Å². The fourth-order valence-electron chi connectivity index (χ4n) is 1.76. The Labute approximate surface area is 96.9 Å². The molecule has 0 aromatic rings. The van der Waals surface area contributed by atoms with Crippen LogP contribution in [0.2, 0.25) is 0 Å². The molecule has 1 aliphatic rings. The molecule has 1 fully saturated rings. The first-order valence-electron chi connectivity index (χ1n) is 5.28. The van der Waals surface area contributed by atoms with Crippen LogP contribution >= 0.6 is 12.2 Å². The highest BCUT2D eigenvalue weighted by molar-refractivity contribution is 7.80. The van der Waals surface area contributed by atoms with Crippen LogP contribution < -0.4 is 5.32 Å². The molecule has 1 saturated heterocycles. The molecule has 0 amide bonds. The Bertz CT molecular complexity index is 202. The molecule has 15 heavy (non-hydrogen) atoms. The van der Waals surface area contributed by atoms with Gasteiger partial charge in [0.2, 0.25) is 0 Å². The SMILES string of the molecule is COCCNC(=S)N1CCC(COC)C1. The number of nitrogens with zero attached hydrogens (tertiary/aromatic N) is 1. The monoisotopic (exact) mass is 232 g/mol. The van der Waals surface area contributed by atoms with Gasteiger partial charge in [-0.05, 0) is 18.6 Å². The Morgan fingerprint density at radius 3 is 2.93 bits per heavy atom. The van der Waals surface area contributed by atoms with E-state index in [0.717, 1.165) is 31.4 Å². The van der Waals surface area contributed by atoms with Crippen LogP contribution in [0.4, 0.5) is 0 Å². The van der Waals surface area contributed by atoms with Crippen molar-refractivity contribution in [2.24, 2.45) is 5.92 Å². The Kier molecular flexibility index (Phi) is 5.90. The van der Waals surface area contributed by atoms with Crippen molar-refractivity contribution in [2.75, 3.05) is 47.1 Å². The van der Waals surface area contributed by atoms with E-state index in [9.17, 15) is 0 Å². The lowest BCUT2D eigenvalue weighted by Gasteiger charge is -2.20. The van der Waals surface area contributed by atoms with Crippen LogP contribution in [0, 0.1) is 5.92 Å². The molecule has 0 saturated carbocycles. The minimum atomic E-state index is 0.622. The molecule has 1 heterocycles. The molecule has 0 bridgehead atoms. The fourth-order valence-corrected chi connectivity index (χ4v) is 2.03. The van der Waals surface area contributed by atoms with Gasteiger partial charge in [-0.2, -0.15) is 0 Å². The molecule has 0 aliphatic carbocycles. The predicted molar refractivity (Wildman–Crippen MR) is 64.0 cm³/mol. The van der Waals surface area contributed by atoms with Crippen molar-refractivity contribution < 1.29 is 9.47 Å². The minimum absolute atomic E-state index is 0.622. The van der Waals surface area contributed by atoms with E-state index in [4.69, 9.17) is 21.7 Å². The second-order valence-electron chi connectivity index (χ2n) is 3.78. The average molecular weight is 232 g/mol. The quantitative estimate of drug-likeness (QED) is 0.551. The predicted octanol–water partition coefficient (Wildman–Crippen LogP) is 0.476. The smallest absolute Gasteiger partial charge is 0.169 e. The maximum atomic E-state index is 5.28. The summed E-state index contributed by atoms with van der Waals surface area (Å²) in [6.45, 7) is 4.34. The molecule has 0 radical (unpaired) electrons. The third-order valence-corrected chi connectivity index (χ3v) is 2.96. The number of rotatable bonds is 5. The summed E-state index contributed by atoms with van der Waals surface area (Å²) in [5.74, 6) is 0.622. The molecule has 1 aliphatic heterocycles. The van der Waals surface area contributed by atoms with Gasteiger partial charge in [0, 0.05) is 39.8 Å². The fraction of sp³-hybridized carbons (Fsp3) is 0.900. The van der Waals surface area contributed by atoms with Crippen molar-refractivity contribution in [3.05, 3.63) is 0 Å². The van der Waals surface area contributed by atoms with E-state index in [1.807, 2.05) is 0 Å². The third-order valence-electron chi connectivity index (χ3n) is 2.56. The molecule has 1 unspecified atom stereocenters. The normalized spacial score (nSPS) is 20.7. The van der Waals surface area contributed by atoms with Crippen molar-refractivity contribution >= 4 is 17.3 Å². The first-order valence-corrected chi connectivity index (χ1v) is 5.69. The number of ether oxygens (including phenoxy) is 2. The van der Waals surface area contributed by atoms with Gasteiger partial charge in [-0.3, -0.25) is 0 Å². The lowest BCUT2D eigenvalue weighted by atomic mass is 10.1. The van der Waals surface area contributed by atoms with Crippen LogP contribution in [0.5, 0.6) is 0 Å². The first kappa shape index (κ1) is 12.7. The van der Waals surface area contributed by atoms with Crippen LogP contribution in [0.15, 0.2) is 0 Å². The summed E-state index contributed by atoms with van der Waals surface area (Å²) in [4.78, 5) is 2.20. The van der Waals surface area contributed by atoms with E-state index in [0.29, 0.717) is 12.5 Å². The van der Waals surface area contributed by atoms with Crippen LogP contribution in [-0.2, 0) is 9.47 Å². The number of hydrogen-bond acceptors (Lipinski definition) is 3. The van der Waals surface area contributed by atoms with Crippen molar-refractivity contribution in [3.8, 4) is 0 Å². The maximum absolute atomic E-state index is 5.28. The van der Waals surface area contributed by atoms with Crippen molar-refractivity contribution in [2.45, 2.75) is 6.42 Å². The van der Waals surface area contributed by atoms with Gasteiger partial charge in [0.15, 0.2) is 5.11 Å². The molecule has 4 nitrogen and oxygen atoms in total. The Morgan fingerprint density at radius 2 is 2.27 bits per heavy atom. The highest BCUT2D eigenvalue weighted by atomic mass is 32.1. The lowest BCUT2D eigenvalue weighted by molar-refractivity contribution is 0.157. The van der Waals surface area contributed by atoms with Gasteiger partial charge in [0.1, 0.15) is 0 Å². The lowest BCUT2D eigenvalue weighted by Crippen LogP contribution is -2.39. The van der Waals surface area contributed by atoms with E-state index in [1.165, 1.54) is 6.42 Å². The first-order chi connectivity index (χ1) is 7.27. The van der Waals surface area contributed by atoms with Gasteiger partial charge >= 0.3 is 0 Å². The Balaban J connectivity index is 2.18. The molecule has 1 atom stereocenters. The molecule has 88 valence electrons. The summed E-state index contributed by atoms with van der Waals surface area (Å²) in [5, 5.41) is 4.02.